The van der Waals surface area contributed by atoms with Gasteiger partial charge in [0.1, 0.15) is 0 Å². The topological polar surface area (TPSA) is 79.3 Å². The average Bonchev–Trinajstić information content (AvgIpc) is 2.50. The van der Waals surface area contributed by atoms with Crippen LogP contribution in [0.15, 0.2) is 4.99 Å². The molecule has 1 aliphatic rings. The Balaban J connectivity index is 2.70. The van der Waals surface area contributed by atoms with Gasteiger partial charge in [-0.05, 0) is 32.5 Å². The summed E-state index contributed by atoms with van der Waals surface area (Å²) in [6.45, 7) is 4.79. The van der Waals surface area contributed by atoms with Gasteiger partial charge in [0.2, 0.25) is 11.8 Å². The van der Waals surface area contributed by atoms with E-state index in [1.165, 1.54) is 23.1 Å². The van der Waals surface area contributed by atoms with Crippen LogP contribution in [-0.2, 0) is 19.1 Å². The Morgan fingerprint density at radius 2 is 1.82 bits per heavy atom. The van der Waals surface area contributed by atoms with E-state index in [4.69, 9.17) is 12.2 Å². The summed E-state index contributed by atoms with van der Waals surface area (Å²) in [7, 11) is 1.33. The van der Waals surface area contributed by atoms with Crippen molar-refractivity contribution in [3.05, 3.63) is 0 Å². The number of nitrogens with zero attached hydrogens (tertiary/aromatic N) is 3. The normalized spacial score (nSPS) is 16.8. The maximum absolute atomic E-state index is 12.3. The van der Waals surface area contributed by atoms with E-state index in [2.05, 4.69) is 9.73 Å². The highest BCUT2D eigenvalue weighted by molar-refractivity contribution is 7.80. The first-order chi connectivity index (χ1) is 10.5. The Labute approximate surface area is 135 Å². The van der Waals surface area contributed by atoms with E-state index in [0.717, 1.165) is 0 Å². The van der Waals surface area contributed by atoms with Gasteiger partial charge in [-0.15, -0.1) is 0 Å². The lowest BCUT2D eigenvalue weighted by atomic mass is 10.1. The van der Waals surface area contributed by atoms with Gasteiger partial charge in [0.25, 0.3) is 0 Å². The molecule has 122 valence electrons. The van der Waals surface area contributed by atoms with Crippen molar-refractivity contribution >= 4 is 41.3 Å². The number of thiocarbonyl (C=S) groups is 1. The molecule has 0 saturated carbocycles. The van der Waals surface area contributed by atoms with Crippen LogP contribution in [0, 0.1) is 5.92 Å². The summed E-state index contributed by atoms with van der Waals surface area (Å²) >= 11 is 5.16. The van der Waals surface area contributed by atoms with Crippen molar-refractivity contribution in [1.82, 2.24) is 9.80 Å². The number of amides is 2. The molecule has 0 unspecified atom stereocenters. The summed E-state index contributed by atoms with van der Waals surface area (Å²) in [4.78, 5) is 42.4. The van der Waals surface area contributed by atoms with Crippen LogP contribution in [0.4, 0.5) is 0 Å². The number of hydrogen-bond acceptors (Lipinski definition) is 6. The highest BCUT2D eigenvalue weighted by atomic mass is 32.1. The standard InChI is InChI=1S/C14H21N3O4S/c1-4-16-12(19)10(13(20)17(5-2)14(16)22)9-15-8-6-7-11(18)21-3/h9-10H,4-8H2,1-3H3. The number of carbonyl (C=O) groups excluding carboxylic acids is 3. The molecule has 22 heavy (non-hydrogen) atoms. The summed E-state index contributed by atoms with van der Waals surface area (Å²) < 4.78 is 4.52. The zero-order chi connectivity index (χ0) is 16.7. The van der Waals surface area contributed by atoms with E-state index in [1.807, 2.05) is 0 Å². The van der Waals surface area contributed by atoms with Gasteiger partial charge >= 0.3 is 5.97 Å². The zero-order valence-corrected chi connectivity index (χ0v) is 13.9. The SMILES string of the molecule is CCN1C(=O)C(C=NCCCC(=O)OC)C(=O)N(CC)C1=S. The second-order valence-corrected chi connectivity index (χ2v) is 5.03. The van der Waals surface area contributed by atoms with E-state index in [-0.39, 0.29) is 29.3 Å². The van der Waals surface area contributed by atoms with Crippen LogP contribution in [0.5, 0.6) is 0 Å². The van der Waals surface area contributed by atoms with Gasteiger partial charge in [-0.25, -0.2) is 0 Å². The predicted octanol–water partition coefficient (Wildman–Crippen LogP) is 0.622. The van der Waals surface area contributed by atoms with Gasteiger partial charge < -0.3 is 4.74 Å². The summed E-state index contributed by atoms with van der Waals surface area (Å²) in [6, 6.07) is 0. The Bertz CT molecular complexity index is 466. The van der Waals surface area contributed by atoms with Gasteiger partial charge in [-0.2, -0.15) is 0 Å². The molecule has 1 saturated heterocycles. The maximum atomic E-state index is 12.3. The fourth-order valence-electron chi connectivity index (χ4n) is 2.08. The van der Waals surface area contributed by atoms with E-state index >= 15 is 0 Å². The average molecular weight is 327 g/mol. The van der Waals surface area contributed by atoms with E-state index in [0.29, 0.717) is 26.1 Å². The second-order valence-electron chi connectivity index (χ2n) is 4.66. The Morgan fingerprint density at radius 3 is 2.27 bits per heavy atom. The first kappa shape index (κ1) is 18.2. The monoisotopic (exact) mass is 327 g/mol. The van der Waals surface area contributed by atoms with Gasteiger partial charge in [-0.3, -0.25) is 29.2 Å². The van der Waals surface area contributed by atoms with Crippen LogP contribution in [0.1, 0.15) is 26.7 Å². The molecule has 0 bridgehead atoms. The van der Waals surface area contributed by atoms with E-state index < -0.39 is 5.92 Å². The third-order valence-electron chi connectivity index (χ3n) is 3.31. The fraction of sp³-hybridized carbons (Fsp3) is 0.643. The largest absolute Gasteiger partial charge is 0.469 e. The van der Waals surface area contributed by atoms with Crippen molar-refractivity contribution in [2.75, 3.05) is 26.7 Å². The number of ether oxygens (including phenoxy) is 1. The summed E-state index contributed by atoms with van der Waals surface area (Å²) in [5.74, 6) is -1.94. The van der Waals surface area contributed by atoms with E-state index in [9.17, 15) is 14.4 Å². The van der Waals surface area contributed by atoms with Crippen molar-refractivity contribution in [1.29, 1.82) is 0 Å². The summed E-state index contributed by atoms with van der Waals surface area (Å²) in [5.41, 5.74) is 0. The molecule has 1 rings (SSSR count). The number of carbonyl (C=O) groups is 3. The van der Waals surface area contributed by atoms with Crippen LogP contribution >= 0.6 is 12.2 Å². The minimum absolute atomic E-state index is 0.246. The van der Waals surface area contributed by atoms with Crippen molar-refractivity contribution in [3.63, 3.8) is 0 Å². The highest BCUT2D eigenvalue weighted by Crippen LogP contribution is 2.16. The van der Waals surface area contributed by atoms with Crippen LogP contribution in [0.2, 0.25) is 0 Å². The molecule has 0 N–H and O–H groups in total. The molecule has 0 atom stereocenters. The lowest BCUT2D eigenvalue weighted by molar-refractivity contribution is -0.143. The minimum Gasteiger partial charge on any atom is -0.469 e. The Kier molecular flexibility index (Phi) is 7.10. The molecule has 1 heterocycles. The first-order valence-corrected chi connectivity index (χ1v) is 7.62. The Morgan fingerprint density at radius 1 is 1.27 bits per heavy atom. The molecule has 0 aliphatic carbocycles. The molecular weight excluding hydrogens is 306 g/mol. The molecule has 1 aliphatic heterocycles. The Hall–Kier alpha value is -1.83. The quantitative estimate of drug-likeness (QED) is 0.225. The van der Waals surface area contributed by atoms with Crippen molar-refractivity contribution in [2.24, 2.45) is 10.9 Å². The van der Waals surface area contributed by atoms with Crippen molar-refractivity contribution in [2.45, 2.75) is 26.7 Å². The number of aliphatic imine (C=N–C) groups is 1. The predicted molar refractivity (Wildman–Crippen MR) is 85.5 cm³/mol. The van der Waals surface area contributed by atoms with Crippen LogP contribution in [-0.4, -0.2) is 65.7 Å². The number of rotatable bonds is 7. The smallest absolute Gasteiger partial charge is 0.305 e. The molecule has 7 nitrogen and oxygen atoms in total. The second kappa shape index (κ2) is 8.57. The third-order valence-corrected chi connectivity index (χ3v) is 3.75. The van der Waals surface area contributed by atoms with Gasteiger partial charge in [0, 0.05) is 32.3 Å². The van der Waals surface area contributed by atoms with Crippen LogP contribution < -0.4 is 0 Å². The van der Waals surface area contributed by atoms with Gasteiger partial charge in [0.05, 0.1) is 7.11 Å². The highest BCUT2D eigenvalue weighted by Gasteiger charge is 2.41. The molecule has 8 heteroatoms. The van der Waals surface area contributed by atoms with Crippen LogP contribution in [0.25, 0.3) is 0 Å². The van der Waals surface area contributed by atoms with E-state index in [1.54, 1.807) is 13.8 Å². The van der Waals surface area contributed by atoms with Crippen LogP contribution in [0.3, 0.4) is 0 Å². The summed E-state index contributed by atoms with van der Waals surface area (Å²) in [6.07, 6.45) is 2.12. The molecule has 2 amide bonds. The lowest BCUT2D eigenvalue weighted by Crippen LogP contribution is -2.59. The number of hydrogen-bond donors (Lipinski definition) is 0. The molecule has 0 radical (unpaired) electrons. The third kappa shape index (κ3) is 4.09. The van der Waals surface area contributed by atoms with Crippen molar-refractivity contribution in [3.8, 4) is 0 Å². The molecular formula is C14H21N3O4S. The van der Waals surface area contributed by atoms with Gasteiger partial charge in [0.15, 0.2) is 11.0 Å². The first-order valence-electron chi connectivity index (χ1n) is 7.21. The maximum Gasteiger partial charge on any atom is 0.305 e. The summed E-state index contributed by atoms with van der Waals surface area (Å²) in [5, 5.41) is 0.246. The number of methoxy groups -OCH3 is 1. The number of esters is 1. The van der Waals surface area contributed by atoms with Gasteiger partial charge in [-0.1, -0.05) is 0 Å². The molecule has 0 aromatic rings. The fourth-order valence-corrected chi connectivity index (χ4v) is 2.52. The molecule has 0 aromatic carbocycles. The lowest BCUT2D eigenvalue weighted by Gasteiger charge is -2.37. The minimum atomic E-state index is -0.940. The molecule has 1 fully saturated rings. The molecule has 0 aromatic heterocycles. The molecule has 0 spiro atoms. The van der Waals surface area contributed by atoms with Crippen molar-refractivity contribution < 1.29 is 19.1 Å². The zero-order valence-electron chi connectivity index (χ0n) is 13.1.